The maximum absolute atomic E-state index is 13.0. The Hall–Kier alpha value is -4.02. The number of nitrogens with zero attached hydrogens (tertiary/aromatic N) is 3. The van der Waals surface area contributed by atoms with Crippen molar-refractivity contribution in [3.63, 3.8) is 0 Å². The van der Waals surface area contributed by atoms with Gasteiger partial charge < -0.3 is 25.4 Å². The van der Waals surface area contributed by atoms with Crippen molar-refractivity contribution in [3.8, 4) is 11.5 Å². The summed E-state index contributed by atoms with van der Waals surface area (Å²) < 4.78 is 10.5. The third-order valence-corrected chi connectivity index (χ3v) is 5.78. The normalized spacial score (nSPS) is 10.2. The van der Waals surface area contributed by atoms with Crippen LogP contribution in [0.4, 0.5) is 27.8 Å². The molecule has 0 bridgehead atoms. The van der Waals surface area contributed by atoms with Crippen molar-refractivity contribution < 1.29 is 19.1 Å². The lowest BCUT2D eigenvalue weighted by molar-refractivity contribution is -0.116. The lowest BCUT2D eigenvalue weighted by atomic mass is 10.1. The number of anilines is 4. The first-order valence-electron chi connectivity index (χ1n) is 10.5. The number of carbonyl (C=O) groups excluding carboxylic acids is 2. The van der Waals surface area contributed by atoms with Gasteiger partial charge in [-0.2, -0.15) is 0 Å². The average Bonchev–Trinajstić information content (AvgIpc) is 2.90. The van der Waals surface area contributed by atoms with E-state index >= 15 is 0 Å². The van der Waals surface area contributed by atoms with Gasteiger partial charge in [-0.25, -0.2) is 14.8 Å². The molecule has 0 aliphatic heterocycles. The third-order valence-electron chi connectivity index (χ3n) is 5.03. The summed E-state index contributed by atoms with van der Waals surface area (Å²) in [6, 6.07) is 9.96. The van der Waals surface area contributed by atoms with Crippen LogP contribution in [0.3, 0.4) is 0 Å². The molecule has 3 aromatic rings. The van der Waals surface area contributed by atoms with Gasteiger partial charge in [-0.3, -0.25) is 9.69 Å². The van der Waals surface area contributed by atoms with Crippen LogP contribution in [-0.2, 0) is 11.3 Å². The second-order valence-electron chi connectivity index (χ2n) is 7.24. The molecule has 0 aliphatic rings. The minimum atomic E-state index is -0.564. The SMILES string of the molecule is C=CC(=O)NCc1ccccc1Nc1cc(N(C)C(=O)Nc2c(Cl)c(OC)cc(OC)c2Cl)ncn1. The number of carbonyl (C=O) groups is 2. The summed E-state index contributed by atoms with van der Waals surface area (Å²) in [6.45, 7) is 3.74. The Morgan fingerprint density at radius 3 is 2.39 bits per heavy atom. The van der Waals surface area contributed by atoms with Gasteiger partial charge in [0.05, 0.1) is 19.9 Å². The molecule has 10 nitrogen and oxygen atoms in total. The molecule has 12 heteroatoms. The summed E-state index contributed by atoms with van der Waals surface area (Å²) in [7, 11) is 4.40. The molecule has 0 atom stereocenters. The standard InChI is InChI=1S/C24H24Cl2N6O4/c1-5-20(33)27-12-14-8-6-7-9-15(14)30-18-11-19(29-13-28-18)32(2)24(34)31-23-21(25)16(35-3)10-17(36-4)22(23)26/h5-11,13H,1,12H2,2-4H3,(H,27,33)(H,31,34)(H,28,29,30). The van der Waals surface area contributed by atoms with Gasteiger partial charge in [-0.15, -0.1) is 0 Å². The first-order chi connectivity index (χ1) is 17.3. The van der Waals surface area contributed by atoms with Gasteiger partial charge in [0.25, 0.3) is 0 Å². The molecule has 3 amide bonds. The van der Waals surface area contributed by atoms with Gasteiger partial charge in [-0.05, 0) is 17.7 Å². The highest BCUT2D eigenvalue weighted by Gasteiger charge is 2.21. The van der Waals surface area contributed by atoms with Gasteiger partial charge in [0.15, 0.2) is 0 Å². The Morgan fingerprint density at radius 1 is 1.08 bits per heavy atom. The predicted octanol–water partition coefficient (Wildman–Crippen LogP) is 5.01. The average molecular weight is 531 g/mol. The van der Waals surface area contributed by atoms with Gasteiger partial charge >= 0.3 is 6.03 Å². The number of aromatic nitrogens is 2. The molecule has 0 fully saturated rings. The fourth-order valence-electron chi connectivity index (χ4n) is 3.08. The Balaban J connectivity index is 1.80. The number of methoxy groups -OCH3 is 2. The zero-order chi connectivity index (χ0) is 26.2. The lowest BCUT2D eigenvalue weighted by Gasteiger charge is -2.20. The molecule has 1 aromatic heterocycles. The number of rotatable bonds is 9. The van der Waals surface area contributed by atoms with Gasteiger partial charge in [0.2, 0.25) is 5.91 Å². The number of hydrogen-bond donors (Lipinski definition) is 3. The van der Waals surface area contributed by atoms with Gasteiger partial charge in [0.1, 0.15) is 39.5 Å². The first kappa shape index (κ1) is 26.6. The molecule has 36 heavy (non-hydrogen) atoms. The smallest absolute Gasteiger partial charge is 0.327 e. The summed E-state index contributed by atoms with van der Waals surface area (Å²) >= 11 is 12.7. The highest BCUT2D eigenvalue weighted by atomic mass is 35.5. The van der Waals surface area contributed by atoms with Crippen LogP contribution >= 0.6 is 23.2 Å². The quantitative estimate of drug-likeness (QED) is 0.332. The van der Waals surface area contributed by atoms with E-state index in [1.807, 2.05) is 24.3 Å². The second kappa shape index (κ2) is 12.1. The van der Waals surface area contributed by atoms with Crippen molar-refractivity contribution >= 4 is 58.2 Å². The number of halogens is 2. The maximum Gasteiger partial charge on any atom is 0.327 e. The Morgan fingerprint density at radius 2 is 1.75 bits per heavy atom. The van der Waals surface area contributed by atoms with E-state index in [2.05, 4.69) is 32.5 Å². The number of hydrogen-bond acceptors (Lipinski definition) is 7. The topological polar surface area (TPSA) is 118 Å². The molecule has 0 unspecified atom stereocenters. The number of para-hydroxylation sites is 1. The number of benzene rings is 2. The molecule has 0 radical (unpaired) electrons. The van der Waals surface area contributed by atoms with Crippen LogP contribution < -0.4 is 30.3 Å². The molecule has 0 spiro atoms. The Bertz CT molecular complexity index is 1260. The van der Waals surface area contributed by atoms with E-state index in [1.165, 1.54) is 44.6 Å². The van der Waals surface area contributed by atoms with E-state index in [4.69, 9.17) is 32.7 Å². The number of nitrogens with one attached hydrogen (secondary N) is 3. The van der Waals surface area contributed by atoms with Gasteiger partial charge in [0, 0.05) is 31.4 Å². The van der Waals surface area contributed by atoms with E-state index in [0.29, 0.717) is 18.2 Å². The summed E-state index contributed by atoms with van der Waals surface area (Å²) in [5, 5.41) is 8.83. The molecule has 0 saturated heterocycles. The van der Waals surface area contributed by atoms with E-state index < -0.39 is 6.03 Å². The zero-order valence-corrected chi connectivity index (χ0v) is 21.3. The molecule has 3 rings (SSSR count). The summed E-state index contributed by atoms with van der Waals surface area (Å²) in [4.78, 5) is 34.2. The van der Waals surface area contributed by atoms with Crippen molar-refractivity contribution in [1.29, 1.82) is 0 Å². The van der Waals surface area contributed by atoms with Crippen molar-refractivity contribution in [2.75, 3.05) is 36.8 Å². The molecular formula is C24H24Cl2N6O4. The number of urea groups is 1. The molecule has 188 valence electrons. The van der Waals surface area contributed by atoms with E-state index in [1.54, 1.807) is 6.07 Å². The summed E-state index contributed by atoms with van der Waals surface area (Å²) in [5.74, 6) is 1.01. The van der Waals surface area contributed by atoms with Crippen LogP contribution in [-0.4, -0.2) is 43.2 Å². The van der Waals surface area contributed by atoms with Crippen LogP contribution in [0.15, 0.2) is 55.4 Å². The molecule has 2 aromatic carbocycles. The van der Waals surface area contributed by atoms with E-state index in [-0.39, 0.29) is 33.1 Å². The van der Waals surface area contributed by atoms with Crippen LogP contribution in [0.5, 0.6) is 11.5 Å². The third kappa shape index (κ3) is 6.15. The lowest BCUT2D eigenvalue weighted by Crippen LogP contribution is -2.32. The molecule has 1 heterocycles. The molecule has 0 aliphatic carbocycles. The summed E-state index contributed by atoms with van der Waals surface area (Å²) in [6.07, 6.45) is 2.52. The summed E-state index contributed by atoms with van der Waals surface area (Å²) in [5.41, 5.74) is 1.69. The van der Waals surface area contributed by atoms with Crippen molar-refractivity contribution in [2.24, 2.45) is 0 Å². The Labute approximate surface area is 218 Å². The number of amides is 3. The maximum atomic E-state index is 13.0. The Kier molecular flexibility index (Phi) is 8.93. The van der Waals surface area contributed by atoms with Crippen molar-refractivity contribution in [3.05, 3.63) is 71.0 Å². The fraction of sp³-hybridized carbons (Fsp3) is 0.167. The van der Waals surface area contributed by atoms with Crippen molar-refractivity contribution in [1.82, 2.24) is 15.3 Å². The van der Waals surface area contributed by atoms with Crippen LogP contribution in [0.2, 0.25) is 10.0 Å². The largest absolute Gasteiger partial charge is 0.495 e. The number of ether oxygens (including phenoxy) is 2. The molecule has 0 saturated carbocycles. The second-order valence-corrected chi connectivity index (χ2v) is 7.99. The van der Waals surface area contributed by atoms with Gasteiger partial charge in [-0.1, -0.05) is 48.0 Å². The highest BCUT2D eigenvalue weighted by Crippen LogP contribution is 2.44. The highest BCUT2D eigenvalue weighted by molar-refractivity contribution is 6.41. The molecule has 3 N–H and O–H groups in total. The molecular weight excluding hydrogens is 507 g/mol. The zero-order valence-electron chi connectivity index (χ0n) is 19.8. The minimum absolute atomic E-state index is 0.121. The van der Waals surface area contributed by atoms with Crippen molar-refractivity contribution in [2.45, 2.75) is 6.54 Å². The first-order valence-corrected chi connectivity index (χ1v) is 11.3. The predicted molar refractivity (Wildman–Crippen MR) is 141 cm³/mol. The van der Waals surface area contributed by atoms with Crippen LogP contribution in [0.1, 0.15) is 5.56 Å². The van der Waals surface area contributed by atoms with Crippen LogP contribution in [0, 0.1) is 0 Å². The van der Waals surface area contributed by atoms with E-state index in [9.17, 15) is 9.59 Å². The van der Waals surface area contributed by atoms with Crippen LogP contribution in [0.25, 0.3) is 0 Å². The fourth-order valence-corrected chi connectivity index (χ4v) is 3.67. The minimum Gasteiger partial charge on any atom is -0.495 e. The van der Waals surface area contributed by atoms with E-state index in [0.717, 1.165) is 11.3 Å². The monoisotopic (exact) mass is 530 g/mol.